The smallest absolute Gasteiger partial charge is 0.00643 e. The molecule has 0 aromatic rings. The van der Waals surface area contributed by atoms with E-state index in [9.17, 15) is 0 Å². The average molecular weight is 256 g/mol. The fourth-order valence-electron chi connectivity index (χ4n) is 2.22. The maximum Gasteiger partial charge on any atom is 0.00643 e. The zero-order chi connectivity index (χ0) is 13.6. The van der Waals surface area contributed by atoms with Gasteiger partial charge in [0, 0.05) is 6.04 Å². The van der Waals surface area contributed by atoms with Crippen molar-refractivity contribution in [2.45, 2.75) is 78.7 Å². The van der Waals surface area contributed by atoms with Crippen LogP contribution in [0.5, 0.6) is 0 Å². The lowest BCUT2D eigenvalue weighted by molar-refractivity contribution is 0.196. The Morgan fingerprint density at radius 3 is 2.17 bits per heavy atom. The van der Waals surface area contributed by atoms with Gasteiger partial charge in [0.25, 0.3) is 0 Å². The summed E-state index contributed by atoms with van der Waals surface area (Å²) in [6.07, 6.45) is 9.26. The molecule has 0 aliphatic heterocycles. The number of hydrogen-bond donors (Lipinski definition) is 1. The lowest BCUT2D eigenvalue weighted by Gasteiger charge is -2.28. The predicted molar refractivity (Wildman–Crippen MR) is 83.2 cm³/mol. The van der Waals surface area contributed by atoms with Gasteiger partial charge in [0.2, 0.25) is 0 Å². The van der Waals surface area contributed by atoms with Crippen molar-refractivity contribution >= 4 is 0 Å². The second kappa shape index (κ2) is 13.4. The number of rotatable bonds is 13. The fraction of sp³-hybridized carbons (Fsp3) is 1.00. The summed E-state index contributed by atoms with van der Waals surface area (Å²) >= 11 is 0. The first kappa shape index (κ1) is 17.9. The van der Waals surface area contributed by atoms with Gasteiger partial charge in [-0.15, -0.1) is 0 Å². The molecule has 0 aromatic carbocycles. The quantitative estimate of drug-likeness (QED) is 0.500. The molecular weight excluding hydrogens is 220 g/mol. The van der Waals surface area contributed by atoms with Crippen molar-refractivity contribution in [3.8, 4) is 0 Å². The highest BCUT2D eigenvalue weighted by Crippen LogP contribution is 2.08. The van der Waals surface area contributed by atoms with Gasteiger partial charge in [-0.05, 0) is 65.2 Å². The Hall–Kier alpha value is -0.0800. The molecule has 18 heavy (non-hydrogen) atoms. The molecule has 1 atom stereocenters. The van der Waals surface area contributed by atoms with E-state index < -0.39 is 0 Å². The van der Waals surface area contributed by atoms with Crippen molar-refractivity contribution in [2.75, 3.05) is 26.2 Å². The third-order valence-corrected chi connectivity index (χ3v) is 3.74. The van der Waals surface area contributed by atoms with Gasteiger partial charge in [0.15, 0.2) is 0 Å². The van der Waals surface area contributed by atoms with E-state index >= 15 is 0 Å². The van der Waals surface area contributed by atoms with E-state index in [-0.39, 0.29) is 0 Å². The Morgan fingerprint density at radius 2 is 1.56 bits per heavy atom. The molecule has 0 amide bonds. The highest BCUT2D eigenvalue weighted by atomic mass is 15.1. The normalized spacial score (nSPS) is 13.2. The van der Waals surface area contributed by atoms with Crippen LogP contribution in [0.1, 0.15) is 72.6 Å². The van der Waals surface area contributed by atoms with Gasteiger partial charge < -0.3 is 10.2 Å². The van der Waals surface area contributed by atoms with E-state index in [1.54, 1.807) is 0 Å². The summed E-state index contributed by atoms with van der Waals surface area (Å²) in [7, 11) is 0. The molecule has 0 aliphatic rings. The molecule has 0 rings (SSSR count). The second-order valence-corrected chi connectivity index (χ2v) is 5.46. The van der Waals surface area contributed by atoms with E-state index in [1.807, 2.05) is 0 Å². The summed E-state index contributed by atoms with van der Waals surface area (Å²) in [6, 6.07) is 0.759. The molecule has 0 fully saturated rings. The minimum atomic E-state index is 0.759. The maximum atomic E-state index is 3.48. The van der Waals surface area contributed by atoms with Gasteiger partial charge in [-0.25, -0.2) is 0 Å². The molecule has 110 valence electrons. The van der Waals surface area contributed by atoms with E-state index in [4.69, 9.17) is 0 Å². The van der Waals surface area contributed by atoms with Gasteiger partial charge in [-0.1, -0.05) is 33.6 Å². The zero-order valence-corrected chi connectivity index (χ0v) is 13.3. The van der Waals surface area contributed by atoms with Crippen LogP contribution in [0.2, 0.25) is 0 Å². The summed E-state index contributed by atoms with van der Waals surface area (Å²) in [5.74, 6) is 0. The molecule has 0 saturated carbocycles. The van der Waals surface area contributed by atoms with Gasteiger partial charge in [0.05, 0.1) is 0 Å². The molecular formula is C16H36N2. The molecule has 1 unspecified atom stereocenters. The van der Waals surface area contributed by atoms with Crippen LogP contribution in [0, 0.1) is 0 Å². The van der Waals surface area contributed by atoms with Crippen LogP contribution in [-0.2, 0) is 0 Å². The van der Waals surface area contributed by atoms with Crippen LogP contribution in [0.25, 0.3) is 0 Å². The molecule has 0 saturated heterocycles. The predicted octanol–water partition coefficient (Wildman–Crippen LogP) is 4.06. The maximum absolute atomic E-state index is 3.48. The first-order valence-corrected chi connectivity index (χ1v) is 8.20. The standard InChI is InChI=1S/C16H36N2/c1-5-8-14-18(16(4)7-3)15-11-9-10-13-17-12-6-2/h16-17H,5-15H2,1-4H3. The van der Waals surface area contributed by atoms with Crippen molar-refractivity contribution in [2.24, 2.45) is 0 Å². The van der Waals surface area contributed by atoms with E-state index in [1.165, 1.54) is 71.1 Å². The van der Waals surface area contributed by atoms with E-state index in [0.29, 0.717) is 0 Å². The molecule has 2 nitrogen and oxygen atoms in total. The number of unbranched alkanes of at least 4 members (excludes halogenated alkanes) is 3. The lowest BCUT2D eigenvalue weighted by Crippen LogP contribution is -2.34. The topological polar surface area (TPSA) is 15.3 Å². The highest BCUT2D eigenvalue weighted by Gasteiger charge is 2.10. The Bertz CT molecular complexity index is 159. The Kier molecular flexibility index (Phi) is 13.3. The van der Waals surface area contributed by atoms with Crippen molar-refractivity contribution in [3.05, 3.63) is 0 Å². The Labute approximate surface area is 116 Å². The van der Waals surface area contributed by atoms with Crippen molar-refractivity contribution in [1.29, 1.82) is 0 Å². The number of hydrogen-bond acceptors (Lipinski definition) is 2. The van der Waals surface area contributed by atoms with Crippen LogP contribution in [0.3, 0.4) is 0 Å². The van der Waals surface area contributed by atoms with Gasteiger partial charge in [-0.2, -0.15) is 0 Å². The van der Waals surface area contributed by atoms with Crippen LogP contribution in [0.4, 0.5) is 0 Å². The molecule has 2 heteroatoms. The molecule has 0 heterocycles. The van der Waals surface area contributed by atoms with Crippen LogP contribution < -0.4 is 5.32 Å². The van der Waals surface area contributed by atoms with Crippen molar-refractivity contribution < 1.29 is 0 Å². The molecule has 0 bridgehead atoms. The number of nitrogens with one attached hydrogen (secondary N) is 1. The summed E-state index contributed by atoms with van der Waals surface area (Å²) in [6.45, 7) is 14.2. The van der Waals surface area contributed by atoms with E-state index in [2.05, 4.69) is 37.9 Å². The van der Waals surface area contributed by atoms with Gasteiger partial charge in [-0.3, -0.25) is 0 Å². The Morgan fingerprint density at radius 1 is 0.833 bits per heavy atom. The van der Waals surface area contributed by atoms with Gasteiger partial charge in [0.1, 0.15) is 0 Å². The first-order valence-electron chi connectivity index (χ1n) is 8.20. The first-order chi connectivity index (χ1) is 8.76. The minimum Gasteiger partial charge on any atom is -0.317 e. The average Bonchev–Trinajstić information content (AvgIpc) is 2.40. The minimum absolute atomic E-state index is 0.759. The van der Waals surface area contributed by atoms with Crippen molar-refractivity contribution in [1.82, 2.24) is 10.2 Å². The monoisotopic (exact) mass is 256 g/mol. The highest BCUT2D eigenvalue weighted by molar-refractivity contribution is 4.66. The fourth-order valence-corrected chi connectivity index (χ4v) is 2.22. The Balaban J connectivity index is 3.56. The molecule has 0 spiro atoms. The third-order valence-electron chi connectivity index (χ3n) is 3.74. The van der Waals surface area contributed by atoms with Crippen LogP contribution in [0.15, 0.2) is 0 Å². The zero-order valence-electron chi connectivity index (χ0n) is 13.3. The number of nitrogens with zero attached hydrogens (tertiary/aromatic N) is 1. The molecule has 0 aliphatic carbocycles. The molecule has 0 radical (unpaired) electrons. The molecule has 0 aromatic heterocycles. The largest absolute Gasteiger partial charge is 0.317 e. The lowest BCUT2D eigenvalue weighted by atomic mass is 10.1. The SMILES string of the molecule is CCCCN(CCCCCNCCC)C(C)CC. The van der Waals surface area contributed by atoms with Crippen molar-refractivity contribution in [3.63, 3.8) is 0 Å². The molecule has 1 N–H and O–H groups in total. The van der Waals surface area contributed by atoms with Crippen LogP contribution in [-0.4, -0.2) is 37.1 Å². The summed E-state index contributed by atoms with van der Waals surface area (Å²) in [5.41, 5.74) is 0. The summed E-state index contributed by atoms with van der Waals surface area (Å²) in [5, 5.41) is 3.48. The van der Waals surface area contributed by atoms with Crippen LogP contribution >= 0.6 is 0 Å². The second-order valence-electron chi connectivity index (χ2n) is 5.46. The summed E-state index contributed by atoms with van der Waals surface area (Å²) < 4.78 is 0. The van der Waals surface area contributed by atoms with Gasteiger partial charge >= 0.3 is 0 Å². The third kappa shape index (κ3) is 9.90. The summed E-state index contributed by atoms with van der Waals surface area (Å²) in [4.78, 5) is 2.68. The van der Waals surface area contributed by atoms with E-state index in [0.717, 1.165) is 6.04 Å².